The fourth-order valence-corrected chi connectivity index (χ4v) is 8.82. The van der Waals surface area contributed by atoms with Gasteiger partial charge in [0.05, 0.1) is 0 Å². The number of unbranched alkanes of at least 4 members (excludes halogenated alkanes) is 5. The van der Waals surface area contributed by atoms with Gasteiger partial charge in [0, 0.05) is 12.8 Å². The Bertz CT molecular complexity index is 723. The molecule has 0 aromatic heterocycles. The van der Waals surface area contributed by atoms with Crippen LogP contribution in [0, 0.1) is 40.9 Å². The van der Waals surface area contributed by atoms with E-state index in [9.17, 15) is 4.79 Å². The lowest BCUT2D eigenvalue weighted by molar-refractivity contribution is -0.150. The molecule has 0 N–H and O–H groups in total. The van der Waals surface area contributed by atoms with Gasteiger partial charge in [-0.2, -0.15) is 0 Å². The zero-order chi connectivity index (χ0) is 27.5. The van der Waals surface area contributed by atoms with Crippen molar-refractivity contribution in [3.05, 3.63) is 11.6 Å². The summed E-state index contributed by atoms with van der Waals surface area (Å²) in [7, 11) is 0. The largest absolute Gasteiger partial charge is 0.462 e. The van der Waals surface area contributed by atoms with Crippen molar-refractivity contribution in [3.8, 4) is 0 Å². The molecule has 0 aliphatic heterocycles. The molecule has 2 heteroatoms. The number of fused-ring (bicyclic) bond motifs is 1. The van der Waals surface area contributed by atoms with Crippen molar-refractivity contribution in [2.75, 3.05) is 0 Å². The van der Waals surface area contributed by atoms with Gasteiger partial charge in [-0.05, 0) is 92.3 Å². The van der Waals surface area contributed by atoms with E-state index in [1.165, 1.54) is 96.3 Å². The third-order valence-corrected chi connectivity index (χ3v) is 11.2. The van der Waals surface area contributed by atoms with E-state index in [4.69, 9.17) is 4.74 Å². The Balaban J connectivity index is 1.49. The standard InChI is InChI=1S/C36H64O2/c1-7-8-9-10-11-12-18-35(37)38-32-22-19-28(4)31(26-32)21-20-30-17-14-25-36(6)33(23-24-34(30)36)29(5)16-13-15-27(2)3/h21,27-30,32-34H,7-20,22-26H2,1-6H3/b31-21-/t28-,29-,30?,32+,33-,34?,36-/m1/s1. The van der Waals surface area contributed by atoms with E-state index in [2.05, 4.69) is 47.6 Å². The molecule has 0 radical (unpaired) electrons. The molecule has 220 valence electrons. The molecule has 0 bridgehead atoms. The van der Waals surface area contributed by atoms with Crippen molar-refractivity contribution in [1.82, 2.24) is 0 Å². The van der Waals surface area contributed by atoms with Crippen LogP contribution >= 0.6 is 0 Å². The molecular weight excluding hydrogens is 464 g/mol. The third-order valence-electron chi connectivity index (χ3n) is 11.2. The fourth-order valence-electron chi connectivity index (χ4n) is 8.82. The summed E-state index contributed by atoms with van der Waals surface area (Å²) in [5, 5.41) is 0. The number of hydrogen-bond donors (Lipinski definition) is 0. The summed E-state index contributed by atoms with van der Waals surface area (Å²) in [5.41, 5.74) is 2.14. The summed E-state index contributed by atoms with van der Waals surface area (Å²) in [4.78, 5) is 12.5. The highest BCUT2D eigenvalue weighted by atomic mass is 16.5. The molecule has 0 aromatic carbocycles. The third kappa shape index (κ3) is 9.12. The molecule has 2 nitrogen and oxygen atoms in total. The van der Waals surface area contributed by atoms with Crippen LogP contribution in [0.25, 0.3) is 0 Å². The van der Waals surface area contributed by atoms with Gasteiger partial charge in [-0.25, -0.2) is 0 Å². The number of carbonyl (C=O) groups excluding carboxylic acids is 1. The second kappa shape index (κ2) is 15.9. The lowest BCUT2D eigenvalue weighted by atomic mass is 9.58. The van der Waals surface area contributed by atoms with Crippen LogP contribution in [0.4, 0.5) is 0 Å². The Morgan fingerprint density at radius 1 is 0.974 bits per heavy atom. The Labute approximate surface area is 237 Å². The summed E-state index contributed by atoms with van der Waals surface area (Å²) >= 11 is 0. The average molecular weight is 529 g/mol. The van der Waals surface area contributed by atoms with Gasteiger partial charge in [0.1, 0.15) is 6.10 Å². The predicted molar refractivity (Wildman–Crippen MR) is 163 cm³/mol. The van der Waals surface area contributed by atoms with Crippen LogP contribution in [-0.2, 0) is 9.53 Å². The Morgan fingerprint density at radius 3 is 2.50 bits per heavy atom. The van der Waals surface area contributed by atoms with Crippen molar-refractivity contribution in [2.24, 2.45) is 40.9 Å². The minimum atomic E-state index is 0.0435. The van der Waals surface area contributed by atoms with E-state index < -0.39 is 0 Å². The van der Waals surface area contributed by atoms with E-state index in [-0.39, 0.29) is 12.1 Å². The van der Waals surface area contributed by atoms with E-state index >= 15 is 0 Å². The molecule has 0 amide bonds. The van der Waals surface area contributed by atoms with Crippen LogP contribution in [-0.4, -0.2) is 12.1 Å². The molecule has 3 fully saturated rings. The Hall–Kier alpha value is -0.790. The summed E-state index contributed by atoms with van der Waals surface area (Å²) in [6, 6.07) is 0. The topological polar surface area (TPSA) is 26.3 Å². The van der Waals surface area contributed by atoms with Crippen LogP contribution in [0.1, 0.15) is 164 Å². The van der Waals surface area contributed by atoms with Crippen molar-refractivity contribution < 1.29 is 9.53 Å². The first-order valence-corrected chi connectivity index (χ1v) is 17.1. The van der Waals surface area contributed by atoms with Crippen LogP contribution < -0.4 is 0 Å². The van der Waals surface area contributed by atoms with E-state index in [0.717, 1.165) is 48.9 Å². The summed E-state index contributed by atoms with van der Waals surface area (Å²) < 4.78 is 5.98. The Kier molecular flexibility index (Phi) is 13.2. The van der Waals surface area contributed by atoms with Gasteiger partial charge in [-0.15, -0.1) is 0 Å². The van der Waals surface area contributed by atoms with Crippen LogP contribution in [0.3, 0.4) is 0 Å². The highest BCUT2D eigenvalue weighted by Gasteiger charge is 2.51. The summed E-state index contributed by atoms with van der Waals surface area (Å²) in [5.74, 6) is 5.11. The van der Waals surface area contributed by atoms with Crippen molar-refractivity contribution >= 4 is 5.97 Å². The number of hydrogen-bond acceptors (Lipinski definition) is 2. The normalized spacial score (nSPS) is 33.4. The molecule has 3 aliphatic rings. The molecular formula is C36H64O2. The number of esters is 1. The van der Waals surface area contributed by atoms with Gasteiger partial charge >= 0.3 is 5.97 Å². The number of allylic oxidation sites excluding steroid dienone is 1. The second-order valence-corrected chi connectivity index (χ2v) is 14.6. The van der Waals surface area contributed by atoms with Gasteiger partial charge < -0.3 is 4.74 Å². The smallest absolute Gasteiger partial charge is 0.306 e. The minimum Gasteiger partial charge on any atom is -0.462 e. The lowest BCUT2D eigenvalue weighted by Gasteiger charge is -2.47. The molecule has 2 unspecified atom stereocenters. The first-order chi connectivity index (χ1) is 18.2. The maximum atomic E-state index is 12.5. The first-order valence-electron chi connectivity index (χ1n) is 17.1. The quantitative estimate of drug-likeness (QED) is 0.120. The maximum Gasteiger partial charge on any atom is 0.306 e. The molecule has 0 saturated heterocycles. The van der Waals surface area contributed by atoms with Crippen LogP contribution in [0.2, 0.25) is 0 Å². The van der Waals surface area contributed by atoms with Gasteiger partial charge in [0.15, 0.2) is 0 Å². The van der Waals surface area contributed by atoms with Gasteiger partial charge in [0.25, 0.3) is 0 Å². The average Bonchev–Trinajstić information content (AvgIpc) is 3.23. The Morgan fingerprint density at radius 2 is 1.74 bits per heavy atom. The molecule has 3 rings (SSSR count). The lowest BCUT2D eigenvalue weighted by Crippen LogP contribution is -2.39. The number of ether oxygens (including phenoxy) is 1. The predicted octanol–water partition coefficient (Wildman–Crippen LogP) is 11.1. The fraction of sp³-hybridized carbons (Fsp3) is 0.917. The molecule has 3 saturated carbocycles. The van der Waals surface area contributed by atoms with Crippen LogP contribution in [0.15, 0.2) is 11.6 Å². The van der Waals surface area contributed by atoms with Crippen molar-refractivity contribution in [2.45, 2.75) is 170 Å². The van der Waals surface area contributed by atoms with E-state index in [1.807, 2.05) is 0 Å². The molecule has 0 spiro atoms. The van der Waals surface area contributed by atoms with Crippen molar-refractivity contribution in [3.63, 3.8) is 0 Å². The molecule has 7 atom stereocenters. The monoisotopic (exact) mass is 528 g/mol. The summed E-state index contributed by atoms with van der Waals surface area (Å²) in [6.07, 6.45) is 26.6. The number of carbonyl (C=O) groups is 1. The first kappa shape index (κ1) is 31.7. The second-order valence-electron chi connectivity index (χ2n) is 14.6. The molecule has 38 heavy (non-hydrogen) atoms. The van der Waals surface area contributed by atoms with Gasteiger partial charge in [-0.3, -0.25) is 4.79 Å². The highest BCUT2D eigenvalue weighted by Crippen LogP contribution is 2.60. The minimum absolute atomic E-state index is 0.0435. The summed E-state index contributed by atoms with van der Waals surface area (Å²) in [6.45, 7) is 14.6. The number of rotatable bonds is 15. The van der Waals surface area contributed by atoms with Crippen LogP contribution in [0.5, 0.6) is 0 Å². The molecule has 0 heterocycles. The maximum absolute atomic E-state index is 12.5. The van der Waals surface area contributed by atoms with Crippen molar-refractivity contribution in [1.29, 1.82) is 0 Å². The van der Waals surface area contributed by atoms with E-state index in [0.29, 0.717) is 17.8 Å². The van der Waals surface area contributed by atoms with Gasteiger partial charge in [0.2, 0.25) is 0 Å². The van der Waals surface area contributed by atoms with E-state index in [1.54, 1.807) is 5.57 Å². The highest BCUT2D eigenvalue weighted by molar-refractivity contribution is 5.69. The zero-order valence-corrected chi connectivity index (χ0v) is 26.4. The molecule has 0 aromatic rings. The zero-order valence-electron chi connectivity index (χ0n) is 26.4. The van der Waals surface area contributed by atoms with Gasteiger partial charge in [-0.1, -0.05) is 111 Å². The SMILES string of the molecule is CCCCCCCCC(=O)O[C@H]1CC[C@@H](C)/C(=C\CC2CCC[C@@]3(C)C2CC[C@@H]3[C@H](C)CCCC(C)C)C1. The molecule has 3 aliphatic carbocycles.